The van der Waals surface area contributed by atoms with Gasteiger partial charge in [0.25, 0.3) is 0 Å². The third-order valence-electron chi connectivity index (χ3n) is 1.48. The molecule has 1 heterocycles. The second-order valence-corrected chi connectivity index (χ2v) is 5.57. The first-order valence-electron chi connectivity index (χ1n) is 3.89. The lowest BCUT2D eigenvalue weighted by atomic mass is 10.3. The van der Waals surface area contributed by atoms with Crippen molar-refractivity contribution in [2.45, 2.75) is 12.8 Å². The molecule has 2 N–H and O–H groups in total. The molecule has 1 rings (SSSR count). The molecule has 0 amide bonds. The van der Waals surface area contributed by atoms with Crippen LogP contribution in [0.5, 0.6) is 0 Å². The topological polar surface area (TPSA) is 70.4 Å². The van der Waals surface area contributed by atoms with Gasteiger partial charge < -0.3 is 9.79 Å². The van der Waals surface area contributed by atoms with E-state index in [4.69, 9.17) is 9.79 Å². The highest BCUT2D eigenvalue weighted by Crippen LogP contribution is 2.35. The summed E-state index contributed by atoms with van der Waals surface area (Å²) in [6.45, 7) is 3.41. The fraction of sp³-hybridized carbons (Fsp3) is 0.250. The molecule has 0 aliphatic heterocycles. The van der Waals surface area contributed by atoms with Gasteiger partial charge in [-0.25, -0.2) is 4.98 Å². The second-order valence-electron chi connectivity index (χ2n) is 2.58. The number of aromatic nitrogens is 1. The summed E-state index contributed by atoms with van der Waals surface area (Å²) in [7, 11) is -4.12. The Morgan fingerprint density at radius 2 is 2.43 bits per heavy atom. The summed E-state index contributed by atoms with van der Waals surface area (Å²) < 4.78 is 10.8. The number of allylic oxidation sites excluding steroid dienone is 1. The second kappa shape index (κ2) is 4.69. The maximum Gasteiger partial charge on any atom is 0.367 e. The Labute approximate surface area is 85.8 Å². The van der Waals surface area contributed by atoms with Gasteiger partial charge in [0.15, 0.2) is 0 Å². The molecule has 0 aliphatic rings. The van der Waals surface area contributed by atoms with Crippen LogP contribution in [-0.4, -0.2) is 14.8 Å². The standard InChI is InChI=1S/C8H10NO3PS/c1-2-3-4-5-7-9-6-8(14-7)13(10,11)12/h3,6H,1,4-5H2,(H2,10,11,12). The van der Waals surface area contributed by atoms with Crippen molar-refractivity contribution in [3.8, 4) is 0 Å². The van der Waals surface area contributed by atoms with Crippen molar-refractivity contribution < 1.29 is 14.4 Å². The van der Waals surface area contributed by atoms with E-state index in [2.05, 4.69) is 17.3 Å². The quantitative estimate of drug-likeness (QED) is 0.603. The highest BCUT2D eigenvalue weighted by atomic mass is 32.1. The molecule has 0 radical (unpaired) electrons. The van der Waals surface area contributed by atoms with Crippen molar-refractivity contribution in [1.82, 2.24) is 4.98 Å². The van der Waals surface area contributed by atoms with Gasteiger partial charge in [0.1, 0.15) is 4.62 Å². The minimum absolute atomic E-state index is 0.0232. The maximum absolute atomic E-state index is 10.8. The van der Waals surface area contributed by atoms with Crippen LogP contribution in [0.25, 0.3) is 0 Å². The first kappa shape index (κ1) is 11.4. The van der Waals surface area contributed by atoms with E-state index in [1.54, 1.807) is 6.08 Å². The molecule has 0 bridgehead atoms. The lowest BCUT2D eigenvalue weighted by molar-refractivity contribution is 0.388. The highest BCUT2D eigenvalue weighted by molar-refractivity contribution is 7.67. The van der Waals surface area contributed by atoms with Crippen LogP contribution < -0.4 is 4.62 Å². The molecular weight excluding hydrogens is 221 g/mol. The molecule has 4 nitrogen and oxygen atoms in total. The van der Waals surface area contributed by atoms with E-state index in [9.17, 15) is 4.57 Å². The summed E-state index contributed by atoms with van der Waals surface area (Å²) in [6, 6.07) is 0. The predicted octanol–water partition coefficient (Wildman–Crippen LogP) is 1.22. The zero-order valence-electron chi connectivity index (χ0n) is 7.38. The van der Waals surface area contributed by atoms with E-state index in [-0.39, 0.29) is 4.62 Å². The van der Waals surface area contributed by atoms with E-state index in [0.717, 1.165) is 22.8 Å². The van der Waals surface area contributed by atoms with Crippen molar-refractivity contribution in [2.75, 3.05) is 0 Å². The van der Waals surface area contributed by atoms with Gasteiger partial charge in [-0.3, -0.25) is 4.57 Å². The number of thiazole rings is 1. The van der Waals surface area contributed by atoms with E-state index in [1.165, 1.54) is 6.20 Å². The van der Waals surface area contributed by atoms with Crippen molar-refractivity contribution in [3.63, 3.8) is 0 Å². The summed E-state index contributed by atoms with van der Waals surface area (Å²) >= 11 is 1.05. The average molecular weight is 231 g/mol. The Bertz CT molecular complexity index is 402. The van der Waals surface area contributed by atoms with Gasteiger partial charge in [-0.1, -0.05) is 6.58 Å². The smallest absolute Gasteiger partial charge is 0.320 e. The van der Waals surface area contributed by atoms with E-state index in [0.29, 0.717) is 6.42 Å². The first-order valence-corrected chi connectivity index (χ1v) is 6.32. The zero-order valence-corrected chi connectivity index (χ0v) is 9.09. The molecular formula is C8H10NO3PS. The Morgan fingerprint density at radius 1 is 1.71 bits per heavy atom. The number of hydrogen-bond donors (Lipinski definition) is 2. The van der Waals surface area contributed by atoms with Gasteiger partial charge in [0, 0.05) is 6.42 Å². The van der Waals surface area contributed by atoms with E-state index in [1.807, 2.05) is 0 Å². The molecule has 0 fully saturated rings. The third-order valence-corrected chi connectivity index (χ3v) is 4.01. The van der Waals surface area contributed by atoms with Crippen molar-refractivity contribution in [3.05, 3.63) is 29.6 Å². The summed E-state index contributed by atoms with van der Waals surface area (Å²) in [5.41, 5.74) is 2.62. The minimum Gasteiger partial charge on any atom is -0.320 e. The monoisotopic (exact) mass is 231 g/mol. The van der Waals surface area contributed by atoms with Crippen molar-refractivity contribution >= 4 is 23.6 Å². The normalized spacial score (nSPS) is 11.0. The molecule has 76 valence electrons. The molecule has 0 spiro atoms. The minimum atomic E-state index is -4.12. The molecule has 0 saturated carbocycles. The van der Waals surface area contributed by atoms with Crippen LogP contribution in [-0.2, 0) is 11.0 Å². The molecule has 0 aliphatic carbocycles. The summed E-state index contributed by atoms with van der Waals surface area (Å²) in [5.74, 6) is 0. The number of nitrogens with zero attached hydrogens (tertiary/aromatic N) is 1. The molecule has 0 unspecified atom stereocenters. The van der Waals surface area contributed by atoms with Gasteiger partial charge in [-0.2, -0.15) is 0 Å². The van der Waals surface area contributed by atoms with Crippen molar-refractivity contribution in [2.24, 2.45) is 0 Å². The van der Waals surface area contributed by atoms with Gasteiger partial charge in [-0.05, 0) is 12.5 Å². The van der Waals surface area contributed by atoms with Crippen LogP contribution in [0.15, 0.2) is 24.6 Å². The Balaban J connectivity index is 2.69. The molecule has 0 atom stereocenters. The molecule has 6 heteroatoms. The van der Waals surface area contributed by atoms with Gasteiger partial charge in [0.2, 0.25) is 0 Å². The van der Waals surface area contributed by atoms with Gasteiger partial charge in [-0.15, -0.1) is 17.1 Å². The molecule has 1 aromatic heterocycles. The largest absolute Gasteiger partial charge is 0.367 e. The van der Waals surface area contributed by atoms with Crippen LogP contribution >= 0.6 is 18.9 Å². The van der Waals surface area contributed by atoms with E-state index < -0.39 is 7.60 Å². The Hall–Kier alpha value is -0.700. The summed E-state index contributed by atoms with van der Waals surface area (Å²) in [6.07, 6.45) is 4.39. The summed E-state index contributed by atoms with van der Waals surface area (Å²) in [5, 5.41) is 0.717. The predicted molar refractivity (Wildman–Crippen MR) is 55.8 cm³/mol. The maximum atomic E-state index is 10.8. The Morgan fingerprint density at radius 3 is 2.93 bits per heavy atom. The summed E-state index contributed by atoms with van der Waals surface area (Å²) in [4.78, 5) is 21.6. The molecule has 1 aromatic rings. The first-order chi connectivity index (χ1) is 6.54. The lowest BCUT2D eigenvalue weighted by Gasteiger charge is -1.95. The third kappa shape index (κ3) is 3.22. The number of aryl methyl sites for hydroxylation is 1. The van der Waals surface area contributed by atoms with Crippen LogP contribution in [0, 0.1) is 0 Å². The van der Waals surface area contributed by atoms with Crippen LogP contribution in [0.4, 0.5) is 0 Å². The van der Waals surface area contributed by atoms with Crippen LogP contribution in [0.2, 0.25) is 0 Å². The van der Waals surface area contributed by atoms with Crippen LogP contribution in [0.1, 0.15) is 11.4 Å². The lowest BCUT2D eigenvalue weighted by Crippen LogP contribution is -1.95. The molecule has 14 heavy (non-hydrogen) atoms. The zero-order chi connectivity index (χ0) is 10.6. The number of hydrogen-bond acceptors (Lipinski definition) is 3. The van der Waals surface area contributed by atoms with Gasteiger partial charge >= 0.3 is 7.60 Å². The van der Waals surface area contributed by atoms with Gasteiger partial charge in [0.05, 0.1) is 11.2 Å². The SMILES string of the molecule is C=C=CCCc1ncc(P(=O)(O)O)s1. The highest BCUT2D eigenvalue weighted by Gasteiger charge is 2.20. The van der Waals surface area contributed by atoms with Crippen molar-refractivity contribution in [1.29, 1.82) is 0 Å². The Kier molecular flexibility index (Phi) is 3.81. The molecule has 0 saturated heterocycles. The fourth-order valence-electron chi connectivity index (χ4n) is 0.849. The van der Waals surface area contributed by atoms with E-state index >= 15 is 0 Å². The van der Waals surface area contributed by atoms with Crippen LogP contribution in [0.3, 0.4) is 0 Å². The average Bonchev–Trinajstić information content (AvgIpc) is 2.52. The number of rotatable bonds is 4. The molecule has 0 aromatic carbocycles. The fourth-order valence-corrected chi connectivity index (χ4v) is 2.52.